The van der Waals surface area contributed by atoms with Gasteiger partial charge >= 0.3 is 11.4 Å². The molecule has 0 bridgehead atoms. The van der Waals surface area contributed by atoms with Crippen LogP contribution in [0.1, 0.15) is 97.7 Å². The van der Waals surface area contributed by atoms with Gasteiger partial charge in [-0.3, -0.25) is 4.79 Å². The fourth-order valence-electron chi connectivity index (χ4n) is 7.93. The molecular formula is C44H54N6O5. The number of carbonyl (C=O) groups is 1. The number of aromatic amines is 4. The summed E-state index contributed by atoms with van der Waals surface area (Å²) in [6, 6.07) is 32.8. The SMILES string of the molecule is CN(CC(O)c1ccc2[nH]c(=O)[nH]c2c1)C1CCC(c2ccccc2)CC1.CNCC(O)c1ccc2[nH]c(=O)[nH]c2c1.O=C1CCC(c2ccccc2)CC1. The molecule has 11 nitrogen and oxygen atoms in total. The average Bonchev–Trinajstić information content (AvgIpc) is 3.79. The average molecular weight is 747 g/mol. The molecule has 7 N–H and O–H groups in total. The Kier molecular flexibility index (Phi) is 13.7. The van der Waals surface area contributed by atoms with Gasteiger partial charge in [0.25, 0.3) is 0 Å². The molecule has 2 aromatic heterocycles. The zero-order valence-electron chi connectivity index (χ0n) is 31.8. The van der Waals surface area contributed by atoms with E-state index in [0.717, 1.165) is 66.2 Å². The van der Waals surface area contributed by atoms with Gasteiger partial charge in [0.2, 0.25) is 0 Å². The molecule has 2 atom stereocenters. The van der Waals surface area contributed by atoms with Crippen LogP contribution in [0.3, 0.4) is 0 Å². The molecular weight excluding hydrogens is 693 g/mol. The molecule has 2 heterocycles. The van der Waals surface area contributed by atoms with Gasteiger partial charge in [0.05, 0.1) is 34.3 Å². The van der Waals surface area contributed by atoms with E-state index in [4.69, 9.17) is 0 Å². The highest BCUT2D eigenvalue weighted by atomic mass is 16.3. The number of carbonyl (C=O) groups excluding carboxylic acids is 1. The first-order valence-corrected chi connectivity index (χ1v) is 19.4. The third-order valence-electron chi connectivity index (χ3n) is 11.1. The molecule has 290 valence electrons. The molecule has 4 aromatic carbocycles. The van der Waals surface area contributed by atoms with Crippen molar-refractivity contribution < 1.29 is 15.0 Å². The number of imidazole rings is 2. The van der Waals surface area contributed by atoms with Crippen LogP contribution in [0.5, 0.6) is 0 Å². The number of Topliss-reactive ketones (excluding diaryl/α,β-unsaturated/α-hetero) is 1. The third kappa shape index (κ3) is 10.8. The summed E-state index contributed by atoms with van der Waals surface area (Å²) >= 11 is 0. The maximum absolute atomic E-state index is 11.4. The normalized spacial score (nSPS) is 18.7. The van der Waals surface area contributed by atoms with Crippen LogP contribution in [0.4, 0.5) is 0 Å². The number of H-pyrrole nitrogens is 4. The molecule has 6 aromatic rings. The molecule has 8 rings (SSSR count). The highest BCUT2D eigenvalue weighted by molar-refractivity contribution is 5.79. The van der Waals surface area contributed by atoms with E-state index < -0.39 is 12.2 Å². The van der Waals surface area contributed by atoms with Crippen molar-refractivity contribution >= 4 is 27.9 Å². The number of aliphatic hydroxyl groups excluding tert-OH is 2. The first-order chi connectivity index (χ1) is 26.7. The molecule has 0 spiro atoms. The van der Waals surface area contributed by atoms with Gasteiger partial charge in [-0.15, -0.1) is 0 Å². The lowest BCUT2D eigenvalue weighted by Crippen LogP contribution is -2.37. The van der Waals surface area contributed by atoms with Crippen molar-refractivity contribution in [2.45, 2.75) is 81.5 Å². The zero-order chi connectivity index (χ0) is 38.7. The zero-order valence-corrected chi connectivity index (χ0v) is 31.8. The Morgan fingerprint density at radius 1 is 0.618 bits per heavy atom. The van der Waals surface area contributed by atoms with Crippen molar-refractivity contribution in [2.75, 3.05) is 27.2 Å². The van der Waals surface area contributed by atoms with E-state index in [-0.39, 0.29) is 11.4 Å². The number of aromatic nitrogens is 4. The number of nitrogens with one attached hydrogen (secondary N) is 5. The number of hydrogen-bond acceptors (Lipinski definition) is 7. The standard InChI is InChI=1S/C22H27N3O2.C12H14O.C10H13N3O2/c1-25(18-10-7-16(8-11-18)15-5-3-2-4-6-15)14-21(26)17-9-12-19-20(13-17)24-22(27)23-19;13-12-8-6-11(7-9-12)10-4-2-1-3-5-10;1-11-5-9(14)6-2-3-7-8(4-6)13-10(15)12-7/h2-6,9,12-13,16,18,21,26H,7-8,10-11,14H2,1H3,(H2,23,24,27);1-5,11H,6-9H2;2-4,9,11,14H,5H2,1H3,(H2,12,13,15). The van der Waals surface area contributed by atoms with Gasteiger partial charge < -0.3 is 40.4 Å². The van der Waals surface area contributed by atoms with Crippen LogP contribution in [-0.2, 0) is 4.79 Å². The smallest absolute Gasteiger partial charge is 0.323 e. The summed E-state index contributed by atoms with van der Waals surface area (Å²) in [5.41, 5.74) is 6.99. The summed E-state index contributed by atoms with van der Waals surface area (Å²) in [5.74, 6) is 1.72. The number of hydrogen-bond donors (Lipinski definition) is 7. The summed E-state index contributed by atoms with van der Waals surface area (Å²) in [7, 11) is 3.88. The molecule has 0 aliphatic heterocycles. The molecule has 2 aliphatic rings. The van der Waals surface area contributed by atoms with Crippen LogP contribution in [0.25, 0.3) is 22.1 Å². The summed E-state index contributed by atoms with van der Waals surface area (Å²) in [6.45, 7) is 1.08. The van der Waals surface area contributed by atoms with Crippen LogP contribution in [0.15, 0.2) is 107 Å². The quantitative estimate of drug-likeness (QED) is 0.0878. The van der Waals surface area contributed by atoms with Gasteiger partial charge in [0.1, 0.15) is 5.78 Å². The number of ketones is 1. The summed E-state index contributed by atoms with van der Waals surface area (Å²) in [6.07, 6.45) is 7.24. The fraction of sp³-hybridized carbons (Fsp3) is 0.386. The monoisotopic (exact) mass is 746 g/mol. The van der Waals surface area contributed by atoms with Crippen LogP contribution in [0, 0.1) is 0 Å². The Labute approximate surface area is 321 Å². The van der Waals surface area contributed by atoms with E-state index in [9.17, 15) is 24.6 Å². The third-order valence-corrected chi connectivity index (χ3v) is 11.1. The highest BCUT2D eigenvalue weighted by Crippen LogP contribution is 2.35. The van der Waals surface area contributed by atoms with Gasteiger partial charge in [-0.1, -0.05) is 72.8 Å². The molecule has 2 unspecified atom stereocenters. The van der Waals surface area contributed by atoms with Crippen molar-refractivity contribution in [3.63, 3.8) is 0 Å². The van der Waals surface area contributed by atoms with E-state index in [1.54, 1.807) is 25.2 Å². The van der Waals surface area contributed by atoms with Gasteiger partial charge in [-0.05, 0) is 111 Å². The van der Waals surface area contributed by atoms with Crippen LogP contribution in [0.2, 0.25) is 0 Å². The minimum Gasteiger partial charge on any atom is -0.387 e. The summed E-state index contributed by atoms with van der Waals surface area (Å²) in [5, 5.41) is 23.3. The molecule has 55 heavy (non-hydrogen) atoms. The lowest BCUT2D eigenvalue weighted by molar-refractivity contribution is -0.120. The Balaban J connectivity index is 0.000000155. The first kappa shape index (κ1) is 39.6. The van der Waals surface area contributed by atoms with Gasteiger partial charge in [0.15, 0.2) is 0 Å². The highest BCUT2D eigenvalue weighted by Gasteiger charge is 2.26. The summed E-state index contributed by atoms with van der Waals surface area (Å²) < 4.78 is 0. The van der Waals surface area contributed by atoms with E-state index in [1.165, 1.54) is 24.0 Å². The number of nitrogens with zero attached hydrogens (tertiary/aromatic N) is 1. The Hall–Kier alpha value is -5.07. The minimum absolute atomic E-state index is 0.219. The van der Waals surface area contributed by atoms with Crippen LogP contribution >= 0.6 is 0 Å². The van der Waals surface area contributed by atoms with Gasteiger partial charge in [-0.2, -0.15) is 0 Å². The topological polar surface area (TPSA) is 170 Å². The van der Waals surface area contributed by atoms with Crippen molar-refractivity contribution in [1.29, 1.82) is 0 Å². The van der Waals surface area contributed by atoms with E-state index in [1.807, 2.05) is 24.3 Å². The summed E-state index contributed by atoms with van der Waals surface area (Å²) in [4.78, 5) is 46.5. The predicted octanol–water partition coefficient (Wildman–Crippen LogP) is 6.57. The van der Waals surface area contributed by atoms with Crippen molar-refractivity contribution in [1.82, 2.24) is 30.2 Å². The van der Waals surface area contributed by atoms with Crippen LogP contribution < -0.4 is 16.7 Å². The Morgan fingerprint density at radius 2 is 1.07 bits per heavy atom. The fourth-order valence-corrected chi connectivity index (χ4v) is 7.93. The molecule has 0 saturated heterocycles. The lowest BCUT2D eigenvalue weighted by atomic mass is 9.81. The second-order valence-corrected chi connectivity index (χ2v) is 14.9. The lowest BCUT2D eigenvalue weighted by Gasteiger charge is -2.35. The minimum atomic E-state index is -0.565. The Bertz CT molecular complexity index is 2210. The van der Waals surface area contributed by atoms with Crippen molar-refractivity contribution in [3.05, 3.63) is 140 Å². The number of rotatable bonds is 9. The molecule has 11 heteroatoms. The van der Waals surface area contributed by atoms with Crippen molar-refractivity contribution in [2.24, 2.45) is 0 Å². The molecule has 2 fully saturated rings. The van der Waals surface area contributed by atoms with E-state index >= 15 is 0 Å². The van der Waals surface area contributed by atoms with Gasteiger partial charge in [0, 0.05) is 32.0 Å². The van der Waals surface area contributed by atoms with E-state index in [0.29, 0.717) is 42.3 Å². The number of aliphatic hydroxyl groups is 2. The largest absolute Gasteiger partial charge is 0.387 e. The predicted molar refractivity (Wildman–Crippen MR) is 218 cm³/mol. The number of likely N-dealkylation sites (N-methyl/N-ethyl adjacent to an activating group) is 2. The van der Waals surface area contributed by atoms with E-state index in [2.05, 4.69) is 91.8 Å². The Morgan fingerprint density at radius 3 is 1.56 bits per heavy atom. The number of benzene rings is 4. The number of fused-ring (bicyclic) bond motifs is 2. The second kappa shape index (κ2) is 19.0. The van der Waals surface area contributed by atoms with Crippen LogP contribution in [-0.4, -0.2) is 74.1 Å². The maximum atomic E-state index is 11.4. The molecule has 0 radical (unpaired) electrons. The second-order valence-electron chi connectivity index (χ2n) is 14.9. The molecule has 0 amide bonds. The first-order valence-electron chi connectivity index (χ1n) is 19.4. The molecule has 2 saturated carbocycles. The van der Waals surface area contributed by atoms with Crippen molar-refractivity contribution in [3.8, 4) is 0 Å². The van der Waals surface area contributed by atoms with Gasteiger partial charge in [-0.25, -0.2) is 9.59 Å². The maximum Gasteiger partial charge on any atom is 0.323 e. The molecule has 2 aliphatic carbocycles.